The fourth-order valence-electron chi connectivity index (χ4n) is 1.43. The van der Waals surface area contributed by atoms with Crippen LogP contribution in [0.3, 0.4) is 0 Å². The summed E-state index contributed by atoms with van der Waals surface area (Å²) in [5, 5.41) is 2.59. The summed E-state index contributed by atoms with van der Waals surface area (Å²) in [7, 11) is 0. The van der Waals surface area contributed by atoms with Crippen molar-refractivity contribution in [3.05, 3.63) is 35.4 Å². The minimum atomic E-state index is -0.659. The Morgan fingerprint density at radius 1 is 1.39 bits per heavy atom. The Hall–Kier alpha value is -1.49. The predicted octanol–water partition coefficient (Wildman–Crippen LogP) is 1.96. The molecule has 0 fully saturated rings. The first kappa shape index (κ1) is 14.6. The van der Waals surface area contributed by atoms with Crippen LogP contribution in [0.15, 0.2) is 18.2 Å². The second-order valence-electron chi connectivity index (χ2n) is 5.06. The van der Waals surface area contributed by atoms with Crippen LogP contribution in [0.4, 0.5) is 8.78 Å². The molecule has 1 aromatic carbocycles. The largest absolute Gasteiger partial charge is 0.352 e. The molecule has 0 aromatic heterocycles. The van der Waals surface area contributed by atoms with Gasteiger partial charge in [-0.25, -0.2) is 8.78 Å². The lowest BCUT2D eigenvalue weighted by atomic mass is 9.89. The molecule has 0 aliphatic heterocycles. The van der Waals surface area contributed by atoms with Gasteiger partial charge in [-0.1, -0.05) is 19.9 Å². The summed E-state index contributed by atoms with van der Waals surface area (Å²) >= 11 is 0. The number of rotatable bonds is 5. The van der Waals surface area contributed by atoms with Gasteiger partial charge < -0.3 is 11.1 Å². The van der Waals surface area contributed by atoms with Crippen LogP contribution in [0, 0.1) is 17.0 Å². The fourth-order valence-corrected chi connectivity index (χ4v) is 1.43. The summed E-state index contributed by atoms with van der Waals surface area (Å²) in [5.41, 5.74) is 5.49. The molecule has 5 heteroatoms. The van der Waals surface area contributed by atoms with E-state index in [9.17, 15) is 13.6 Å². The maximum absolute atomic E-state index is 13.3. The number of hydrogen-bond acceptors (Lipinski definition) is 2. The molecule has 0 aliphatic carbocycles. The van der Waals surface area contributed by atoms with E-state index in [2.05, 4.69) is 5.32 Å². The van der Waals surface area contributed by atoms with E-state index in [-0.39, 0.29) is 29.9 Å². The summed E-state index contributed by atoms with van der Waals surface area (Å²) in [6.07, 6.45) is 0.270. The molecule has 1 aromatic rings. The average molecular weight is 256 g/mol. The SMILES string of the molecule is CC(C)(CN)CC(=O)NCc1ccc(F)cc1F. The van der Waals surface area contributed by atoms with Crippen LogP contribution in [0.25, 0.3) is 0 Å². The van der Waals surface area contributed by atoms with E-state index in [4.69, 9.17) is 5.73 Å². The first-order valence-electron chi connectivity index (χ1n) is 5.75. The molecule has 0 unspecified atom stereocenters. The summed E-state index contributed by atoms with van der Waals surface area (Å²) in [6.45, 7) is 4.20. The quantitative estimate of drug-likeness (QED) is 0.846. The molecule has 100 valence electrons. The molecule has 0 heterocycles. The maximum Gasteiger partial charge on any atom is 0.220 e. The molecule has 3 N–H and O–H groups in total. The van der Waals surface area contributed by atoms with E-state index in [1.54, 1.807) is 0 Å². The van der Waals surface area contributed by atoms with Gasteiger partial charge >= 0.3 is 0 Å². The standard InChI is InChI=1S/C13H18F2N2O/c1-13(2,8-16)6-12(18)17-7-9-3-4-10(14)5-11(9)15/h3-5H,6-8,16H2,1-2H3,(H,17,18). The first-order valence-corrected chi connectivity index (χ1v) is 5.75. The number of nitrogens with two attached hydrogens (primary N) is 1. The monoisotopic (exact) mass is 256 g/mol. The van der Waals surface area contributed by atoms with Crippen LogP contribution in [-0.2, 0) is 11.3 Å². The van der Waals surface area contributed by atoms with Gasteiger partial charge in [-0.3, -0.25) is 4.79 Å². The second-order valence-corrected chi connectivity index (χ2v) is 5.06. The Kier molecular flexibility index (Phi) is 4.78. The summed E-state index contributed by atoms with van der Waals surface area (Å²) < 4.78 is 26.0. The second kappa shape index (κ2) is 5.91. The zero-order chi connectivity index (χ0) is 13.8. The van der Waals surface area contributed by atoms with Gasteiger partial charge in [0.25, 0.3) is 0 Å². The number of hydrogen-bond donors (Lipinski definition) is 2. The zero-order valence-corrected chi connectivity index (χ0v) is 10.6. The Morgan fingerprint density at radius 3 is 2.61 bits per heavy atom. The van der Waals surface area contributed by atoms with Gasteiger partial charge in [0.1, 0.15) is 11.6 Å². The minimum Gasteiger partial charge on any atom is -0.352 e. The van der Waals surface area contributed by atoms with E-state index in [0.717, 1.165) is 12.1 Å². The van der Waals surface area contributed by atoms with E-state index < -0.39 is 11.6 Å². The maximum atomic E-state index is 13.3. The van der Waals surface area contributed by atoms with Crippen molar-refractivity contribution in [3.63, 3.8) is 0 Å². The lowest BCUT2D eigenvalue weighted by Crippen LogP contribution is -2.32. The molecule has 0 bridgehead atoms. The van der Waals surface area contributed by atoms with Crippen molar-refractivity contribution in [1.29, 1.82) is 0 Å². The van der Waals surface area contributed by atoms with E-state index in [1.807, 2.05) is 13.8 Å². The highest BCUT2D eigenvalue weighted by atomic mass is 19.1. The zero-order valence-electron chi connectivity index (χ0n) is 10.6. The third-order valence-electron chi connectivity index (χ3n) is 2.68. The number of carbonyl (C=O) groups is 1. The summed E-state index contributed by atoms with van der Waals surface area (Å²) in [4.78, 5) is 11.6. The van der Waals surface area contributed by atoms with Crippen molar-refractivity contribution in [2.45, 2.75) is 26.8 Å². The molecule has 1 amide bonds. The molecular weight excluding hydrogens is 238 g/mol. The van der Waals surface area contributed by atoms with Gasteiger partial charge in [0.15, 0.2) is 0 Å². The van der Waals surface area contributed by atoms with Crippen LogP contribution in [0.1, 0.15) is 25.8 Å². The Labute approximate surface area is 105 Å². The number of amides is 1. The molecule has 18 heavy (non-hydrogen) atoms. The van der Waals surface area contributed by atoms with Crippen molar-refractivity contribution < 1.29 is 13.6 Å². The Balaban J connectivity index is 2.53. The van der Waals surface area contributed by atoms with Crippen molar-refractivity contribution in [1.82, 2.24) is 5.32 Å². The third-order valence-corrected chi connectivity index (χ3v) is 2.68. The van der Waals surface area contributed by atoms with E-state index >= 15 is 0 Å². The Morgan fingerprint density at radius 2 is 2.06 bits per heavy atom. The van der Waals surface area contributed by atoms with Gasteiger partial charge in [0.2, 0.25) is 5.91 Å². The lowest BCUT2D eigenvalue weighted by Gasteiger charge is -2.21. The smallest absolute Gasteiger partial charge is 0.220 e. The molecule has 0 aliphatic rings. The van der Waals surface area contributed by atoms with Crippen molar-refractivity contribution >= 4 is 5.91 Å². The van der Waals surface area contributed by atoms with Gasteiger partial charge in [-0.05, 0) is 18.0 Å². The van der Waals surface area contributed by atoms with Crippen LogP contribution < -0.4 is 11.1 Å². The number of nitrogens with one attached hydrogen (secondary N) is 1. The molecule has 0 atom stereocenters. The van der Waals surface area contributed by atoms with Gasteiger partial charge in [0, 0.05) is 24.6 Å². The third kappa shape index (κ3) is 4.41. The predicted molar refractivity (Wildman–Crippen MR) is 65.7 cm³/mol. The fraction of sp³-hybridized carbons (Fsp3) is 0.462. The van der Waals surface area contributed by atoms with Crippen molar-refractivity contribution in [2.75, 3.05) is 6.54 Å². The van der Waals surface area contributed by atoms with Crippen LogP contribution >= 0.6 is 0 Å². The number of carbonyl (C=O) groups excluding carboxylic acids is 1. The van der Waals surface area contributed by atoms with Crippen LogP contribution in [-0.4, -0.2) is 12.5 Å². The highest BCUT2D eigenvalue weighted by molar-refractivity contribution is 5.76. The summed E-state index contributed by atoms with van der Waals surface area (Å²) in [5.74, 6) is -1.49. The van der Waals surface area contributed by atoms with Crippen LogP contribution in [0.5, 0.6) is 0 Å². The number of benzene rings is 1. The molecule has 1 rings (SSSR count). The highest BCUT2D eigenvalue weighted by Crippen LogP contribution is 2.17. The van der Waals surface area contributed by atoms with Gasteiger partial charge in [0.05, 0.1) is 0 Å². The summed E-state index contributed by atoms with van der Waals surface area (Å²) in [6, 6.07) is 3.28. The molecular formula is C13H18F2N2O. The first-order chi connectivity index (χ1) is 8.34. The van der Waals surface area contributed by atoms with Gasteiger partial charge in [-0.15, -0.1) is 0 Å². The topological polar surface area (TPSA) is 55.1 Å². The molecule has 0 radical (unpaired) electrons. The number of halogens is 2. The van der Waals surface area contributed by atoms with Gasteiger partial charge in [-0.2, -0.15) is 0 Å². The molecule has 0 spiro atoms. The molecule has 0 saturated heterocycles. The lowest BCUT2D eigenvalue weighted by molar-refractivity contribution is -0.123. The molecule has 0 saturated carbocycles. The highest BCUT2D eigenvalue weighted by Gasteiger charge is 2.20. The average Bonchev–Trinajstić information content (AvgIpc) is 2.27. The van der Waals surface area contributed by atoms with Crippen molar-refractivity contribution in [3.8, 4) is 0 Å². The van der Waals surface area contributed by atoms with E-state index in [1.165, 1.54) is 6.07 Å². The van der Waals surface area contributed by atoms with E-state index in [0.29, 0.717) is 6.54 Å². The molecule has 3 nitrogen and oxygen atoms in total. The normalized spacial score (nSPS) is 11.4. The van der Waals surface area contributed by atoms with Crippen LogP contribution in [0.2, 0.25) is 0 Å². The minimum absolute atomic E-state index is 0.0472. The van der Waals surface area contributed by atoms with Crippen molar-refractivity contribution in [2.24, 2.45) is 11.1 Å². The Bertz CT molecular complexity index is 433.